The summed E-state index contributed by atoms with van der Waals surface area (Å²) in [6, 6.07) is 14.0. The quantitative estimate of drug-likeness (QED) is 0.167. The Labute approximate surface area is 238 Å². The molecule has 220 valence electrons. The molecule has 1 unspecified atom stereocenters. The molecule has 13 heteroatoms. The van der Waals surface area contributed by atoms with Crippen molar-refractivity contribution in [2.24, 2.45) is 0 Å². The molecule has 0 saturated heterocycles. The number of aliphatic carboxylic acids is 1. The molecule has 3 aromatic rings. The number of halogens is 3. The second-order valence-corrected chi connectivity index (χ2v) is 9.95. The Balaban J connectivity index is 1.78. The number of ether oxygens (including phenoxy) is 2. The van der Waals surface area contributed by atoms with Gasteiger partial charge in [-0.2, -0.15) is 0 Å². The van der Waals surface area contributed by atoms with E-state index in [1.807, 2.05) is 0 Å². The first-order chi connectivity index (χ1) is 19.5. The number of anilines is 1. The average molecular weight is 594 g/mol. The predicted molar refractivity (Wildman–Crippen MR) is 147 cm³/mol. The van der Waals surface area contributed by atoms with Crippen LogP contribution in [0.15, 0.2) is 60.7 Å². The third kappa shape index (κ3) is 10.7. The first-order valence-corrected chi connectivity index (χ1v) is 13.6. The monoisotopic (exact) mass is 593 g/mol. The minimum absolute atomic E-state index is 0.0733. The first kappa shape index (κ1) is 31.3. The number of thiophene rings is 1. The van der Waals surface area contributed by atoms with Crippen molar-refractivity contribution in [3.63, 3.8) is 0 Å². The summed E-state index contributed by atoms with van der Waals surface area (Å²) in [5.41, 5.74) is 0.652. The van der Waals surface area contributed by atoms with E-state index in [4.69, 9.17) is 9.84 Å². The topological polar surface area (TPSA) is 126 Å². The van der Waals surface area contributed by atoms with Crippen LogP contribution in [0, 0.1) is 0 Å². The number of para-hydroxylation sites is 1. The van der Waals surface area contributed by atoms with Crippen LogP contribution in [0.25, 0.3) is 0 Å². The number of amides is 3. The number of carbonyl (C=O) groups is 3. The Morgan fingerprint density at radius 1 is 1.02 bits per heavy atom. The van der Waals surface area contributed by atoms with Gasteiger partial charge in [-0.05, 0) is 54.4 Å². The van der Waals surface area contributed by atoms with E-state index in [0.717, 1.165) is 24.2 Å². The van der Waals surface area contributed by atoms with Crippen molar-refractivity contribution in [2.45, 2.75) is 45.0 Å². The van der Waals surface area contributed by atoms with Gasteiger partial charge in [0.25, 0.3) is 5.91 Å². The third-order valence-corrected chi connectivity index (χ3v) is 6.82. The number of urea groups is 1. The summed E-state index contributed by atoms with van der Waals surface area (Å²) in [4.78, 5) is 36.9. The summed E-state index contributed by atoms with van der Waals surface area (Å²) < 4.78 is 48.8. The molecule has 1 heterocycles. The highest BCUT2D eigenvalue weighted by molar-refractivity contribution is 7.14. The molecule has 41 heavy (non-hydrogen) atoms. The number of hydrogen-bond donors (Lipinski definition) is 4. The largest absolute Gasteiger partial charge is 0.573 e. The predicted octanol–water partition coefficient (Wildman–Crippen LogP) is 6.14. The van der Waals surface area contributed by atoms with Crippen LogP contribution < -0.4 is 25.4 Å². The number of carboxylic acids is 1. The van der Waals surface area contributed by atoms with Crippen LogP contribution in [-0.2, 0) is 11.2 Å². The number of unbranched alkanes of at least 4 members (excludes halogenated alkanes) is 1. The van der Waals surface area contributed by atoms with Gasteiger partial charge < -0.3 is 30.5 Å². The van der Waals surface area contributed by atoms with Crippen molar-refractivity contribution in [3.8, 4) is 11.5 Å². The molecule has 0 saturated carbocycles. The highest BCUT2D eigenvalue weighted by Gasteiger charge is 2.32. The maximum Gasteiger partial charge on any atom is 0.573 e. The lowest BCUT2D eigenvalue weighted by Crippen LogP contribution is -2.33. The molecule has 0 aliphatic heterocycles. The van der Waals surface area contributed by atoms with Crippen LogP contribution in [-0.4, -0.2) is 42.5 Å². The zero-order valence-corrected chi connectivity index (χ0v) is 22.9. The number of carbonyl (C=O) groups excluding carboxylic acids is 2. The molecule has 0 spiro atoms. The Morgan fingerprint density at radius 2 is 1.76 bits per heavy atom. The fourth-order valence-corrected chi connectivity index (χ4v) is 4.64. The molecule has 0 bridgehead atoms. The van der Waals surface area contributed by atoms with Crippen molar-refractivity contribution in [1.82, 2.24) is 10.6 Å². The van der Waals surface area contributed by atoms with Gasteiger partial charge in [-0.3, -0.25) is 9.59 Å². The van der Waals surface area contributed by atoms with Crippen molar-refractivity contribution in [3.05, 3.63) is 76.0 Å². The molecule has 3 rings (SSSR count). The summed E-state index contributed by atoms with van der Waals surface area (Å²) in [5.74, 6) is -1.33. The van der Waals surface area contributed by atoms with Gasteiger partial charge in [-0.25, -0.2) is 4.79 Å². The van der Waals surface area contributed by atoms with E-state index in [1.165, 1.54) is 24.3 Å². The van der Waals surface area contributed by atoms with Gasteiger partial charge in [0.2, 0.25) is 0 Å². The molecule has 1 aromatic heterocycles. The van der Waals surface area contributed by atoms with Gasteiger partial charge in [0.1, 0.15) is 11.5 Å². The third-order valence-electron chi connectivity index (χ3n) is 5.62. The maximum absolute atomic E-state index is 13.0. The minimum Gasteiger partial charge on any atom is -0.494 e. The molecule has 0 radical (unpaired) electrons. The average Bonchev–Trinajstić information content (AvgIpc) is 3.40. The second kappa shape index (κ2) is 14.9. The second-order valence-electron chi connectivity index (χ2n) is 8.84. The number of carboxylic acid groups (broad SMARTS) is 1. The number of nitrogens with one attached hydrogen (secondary N) is 3. The van der Waals surface area contributed by atoms with Crippen molar-refractivity contribution >= 4 is 34.9 Å². The Kier molecular flexibility index (Phi) is 11.4. The highest BCUT2D eigenvalue weighted by atomic mass is 32.1. The van der Waals surface area contributed by atoms with Gasteiger partial charge in [-0.1, -0.05) is 31.5 Å². The summed E-state index contributed by atoms with van der Waals surface area (Å²) in [7, 11) is 0. The Bertz CT molecular complexity index is 1310. The summed E-state index contributed by atoms with van der Waals surface area (Å²) in [6.45, 7) is 2.56. The fraction of sp³-hybridized carbons (Fsp3) is 0.321. The van der Waals surface area contributed by atoms with Crippen molar-refractivity contribution in [2.75, 3.05) is 18.5 Å². The number of hydrogen-bond acceptors (Lipinski definition) is 6. The van der Waals surface area contributed by atoms with Gasteiger partial charge in [-0.15, -0.1) is 24.5 Å². The summed E-state index contributed by atoms with van der Waals surface area (Å²) in [5, 5.41) is 16.7. The molecular weight excluding hydrogens is 563 g/mol. The van der Waals surface area contributed by atoms with E-state index in [2.05, 4.69) is 27.6 Å². The zero-order valence-electron chi connectivity index (χ0n) is 22.1. The van der Waals surface area contributed by atoms with E-state index in [1.54, 1.807) is 36.4 Å². The summed E-state index contributed by atoms with van der Waals surface area (Å²) >= 11 is 1.02. The van der Waals surface area contributed by atoms with Crippen LogP contribution in [0.2, 0.25) is 0 Å². The SMILES string of the molecule is CCCCOc1ccc(NC(=O)NC(Cc2ccccc2OC(F)(F)F)c2ccc(C(=O)NCCC(=O)O)s2)cc1. The van der Waals surface area contributed by atoms with E-state index in [0.29, 0.717) is 22.9 Å². The zero-order chi connectivity index (χ0) is 29.8. The molecule has 4 N–H and O–H groups in total. The highest BCUT2D eigenvalue weighted by Crippen LogP contribution is 2.32. The lowest BCUT2D eigenvalue weighted by atomic mass is 10.0. The van der Waals surface area contributed by atoms with Crippen LogP contribution in [0.4, 0.5) is 23.7 Å². The number of rotatable bonds is 14. The normalized spacial score (nSPS) is 11.8. The number of benzene rings is 2. The maximum atomic E-state index is 13.0. The molecule has 0 aliphatic rings. The Hall–Kier alpha value is -4.26. The van der Waals surface area contributed by atoms with Crippen molar-refractivity contribution in [1.29, 1.82) is 0 Å². The smallest absolute Gasteiger partial charge is 0.494 e. The minimum atomic E-state index is -4.91. The van der Waals surface area contributed by atoms with Crippen LogP contribution in [0.5, 0.6) is 11.5 Å². The van der Waals surface area contributed by atoms with E-state index >= 15 is 0 Å². The van der Waals surface area contributed by atoms with Gasteiger partial charge in [0.05, 0.1) is 23.9 Å². The van der Waals surface area contributed by atoms with Crippen LogP contribution in [0.1, 0.15) is 52.3 Å². The van der Waals surface area contributed by atoms with Crippen LogP contribution in [0.3, 0.4) is 0 Å². The number of alkyl halides is 3. The van der Waals surface area contributed by atoms with E-state index in [9.17, 15) is 27.6 Å². The molecule has 2 aromatic carbocycles. The molecule has 0 fully saturated rings. The Morgan fingerprint density at radius 3 is 2.44 bits per heavy atom. The molecule has 0 aliphatic carbocycles. The van der Waals surface area contributed by atoms with E-state index in [-0.39, 0.29) is 29.8 Å². The summed E-state index contributed by atoms with van der Waals surface area (Å²) in [6.07, 6.45) is -3.34. The van der Waals surface area contributed by atoms with Crippen LogP contribution >= 0.6 is 11.3 Å². The molecule has 9 nitrogen and oxygen atoms in total. The first-order valence-electron chi connectivity index (χ1n) is 12.8. The van der Waals surface area contributed by atoms with Gasteiger partial charge in [0, 0.05) is 23.5 Å². The van der Waals surface area contributed by atoms with Gasteiger partial charge >= 0.3 is 18.4 Å². The standard InChI is InChI=1S/C28H30F3N3O6S/c1-2-3-16-39-20-10-8-19(9-11-20)33-27(38)34-21(17-18-6-4-5-7-22(18)40-28(29,30)31)23-12-13-24(41-23)26(37)32-15-14-25(35)36/h4-13,21H,2-3,14-17H2,1H3,(H,32,37)(H,35,36)(H2,33,34,38). The molecule has 3 amide bonds. The lowest BCUT2D eigenvalue weighted by Gasteiger charge is -2.20. The van der Waals surface area contributed by atoms with Gasteiger partial charge in [0.15, 0.2) is 0 Å². The van der Waals surface area contributed by atoms with E-state index < -0.39 is 36.1 Å². The lowest BCUT2D eigenvalue weighted by molar-refractivity contribution is -0.274. The molecule has 1 atom stereocenters. The fourth-order valence-electron chi connectivity index (χ4n) is 3.67. The van der Waals surface area contributed by atoms with Crippen molar-refractivity contribution < 1.29 is 42.1 Å². The molecular formula is C28H30F3N3O6S.